The molecule has 0 saturated carbocycles. The van der Waals surface area contributed by atoms with Gasteiger partial charge in [0.25, 0.3) is 0 Å². The van der Waals surface area contributed by atoms with Gasteiger partial charge in [-0.1, -0.05) is 6.92 Å². The zero-order chi connectivity index (χ0) is 16.9. The molecule has 0 heterocycles. The van der Waals surface area contributed by atoms with Crippen molar-refractivity contribution in [1.29, 1.82) is 0 Å². The monoisotopic (exact) mass is 338 g/mol. The molecule has 0 aromatic heterocycles. The van der Waals surface area contributed by atoms with Crippen LogP contribution in [0.5, 0.6) is 5.75 Å². The van der Waals surface area contributed by atoms with Gasteiger partial charge in [0.2, 0.25) is 0 Å². The van der Waals surface area contributed by atoms with Gasteiger partial charge in [0.15, 0.2) is 0 Å². The second-order valence-electron chi connectivity index (χ2n) is 5.46. The standard InChI is InChI=1S/C17H20FNO3S/c1-3-13(2)19-12-14-4-8-16(9-5-14)22-23(20,21)17-10-6-15(18)7-11-17/h4-11,13,19H,3,12H2,1-2H3/p+1/t13-/m1/s1. The van der Waals surface area contributed by atoms with E-state index >= 15 is 0 Å². The van der Waals surface area contributed by atoms with Gasteiger partial charge >= 0.3 is 10.1 Å². The van der Waals surface area contributed by atoms with Crippen molar-refractivity contribution >= 4 is 10.1 Å². The Labute approximate surface area is 136 Å². The Morgan fingerprint density at radius 3 is 2.26 bits per heavy atom. The van der Waals surface area contributed by atoms with Crippen LogP contribution in [0.2, 0.25) is 0 Å². The van der Waals surface area contributed by atoms with Crippen molar-refractivity contribution < 1.29 is 22.3 Å². The first kappa shape index (κ1) is 17.4. The Morgan fingerprint density at radius 2 is 1.70 bits per heavy atom. The molecule has 0 radical (unpaired) electrons. The fraction of sp³-hybridized carbons (Fsp3) is 0.294. The molecule has 0 aliphatic rings. The average Bonchev–Trinajstić information content (AvgIpc) is 2.54. The summed E-state index contributed by atoms with van der Waals surface area (Å²) in [7, 11) is -3.95. The van der Waals surface area contributed by atoms with Crippen LogP contribution >= 0.6 is 0 Å². The van der Waals surface area contributed by atoms with E-state index in [4.69, 9.17) is 4.18 Å². The van der Waals surface area contributed by atoms with Gasteiger partial charge in [-0.25, -0.2) is 4.39 Å². The zero-order valence-electron chi connectivity index (χ0n) is 13.2. The number of nitrogens with two attached hydrogens (primary N) is 1. The molecular weight excluding hydrogens is 317 g/mol. The molecule has 2 aromatic rings. The van der Waals surface area contributed by atoms with Crippen molar-refractivity contribution in [3.8, 4) is 5.75 Å². The third-order valence-corrected chi connectivity index (χ3v) is 4.89. The van der Waals surface area contributed by atoms with Crippen molar-refractivity contribution in [3.63, 3.8) is 0 Å². The minimum absolute atomic E-state index is 0.0759. The highest BCUT2D eigenvalue weighted by Gasteiger charge is 2.16. The predicted molar refractivity (Wildman–Crippen MR) is 86.0 cm³/mol. The summed E-state index contributed by atoms with van der Waals surface area (Å²) in [5.74, 6) is -0.257. The number of quaternary nitrogens is 1. The van der Waals surface area contributed by atoms with E-state index in [2.05, 4.69) is 19.2 Å². The normalized spacial score (nSPS) is 12.8. The minimum atomic E-state index is -3.95. The molecule has 0 aliphatic carbocycles. The van der Waals surface area contributed by atoms with E-state index in [1.807, 2.05) is 12.1 Å². The first-order chi connectivity index (χ1) is 10.9. The first-order valence-electron chi connectivity index (χ1n) is 7.53. The van der Waals surface area contributed by atoms with Crippen molar-refractivity contribution in [1.82, 2.24) is 0 Å². The number of hydrogen-bond donors (Lipinski definition) is 1. The highest BCUT2D eigenvalue weighted by Crippen LogP contribution is 2.19. The topological polar surface area (TPSA) is 60.0 Å². The molecule has 0 saturated heterocycles. The quantitative estimate of drug-likeness (QED) is 0.789. The Balaban J connectivity index is 2.04. The number of halogens is 1. The van der Waals surface area contributed by atoms with Crippen LogP contribution in [-0.4, -0.2) is 14.5 Å². The maximum atomic E-state index is 12.9. The zero-order valence-corrected chi connectivity index (χ0v) is 14.0. The number of hydrogen-bond acceptors (Lipinski definition) is 3. The molecule has 0 fully saturated rings. The summed E-state index contributed by atoms with van der Waals surface area (Å²) < 4.78 is 42.1. The fourth-order valence-corrected chi connectivity index (χ4v) is 2.89. The van der Waals surface area contributed by atoms with Gasteiger partial charge in [-0.05, 0) is 61.9 Å². The molecule has 0 bridgehead atoms. The average molecular weight is 338 g/mol. The highest BCUT2D eigenvalue weighted by atomic mass is 32.2. The van der Waals surface area contributed by atoms with Crippen molar-refractivity contribution in [2.24, 2.45) is 0 Å². The Hall–Kier alpha value is -1.92. The lowest BCUT2D eigenvalue weighted by Crippen LogP contribution is -2.87. The van der Waals surface area contributed by atoms with E-state index in [9.17, 15) is 12.8 Å². The Morgan fingerprint density at radius 1 is 1.09 bits per heavy atom. The summed E-state index contributed by atoms with van der Waals surface area (Å²) in [5.41, 5.74) is 1.09. The van der Waals surface area contributed by atoms with Gasteiger partial charge < -0.3 is 9.50 Å². The SMILES string of the molecule is CC[C@@H](C)[NH2+]Cc1ccc(OS(=O)(=O)c2ccc(F)cc2)cc1. The van der Waals surface area contributed by atoms with Crippen molar-refractivity contribution in [2.45, 2.75) is 37.8 Å². The minimum Gasteiger partial charge on any atom is -0.379 e. The molecule has 2 aromatic carbocycles. The second-order valence-corrected chi connectivity index (χ2v) is 7.01. The van der Waals surface area contributed by atoms with E-state index in [0.717, 1.165) is 30.7 Å². The fourth-order valence-electron chi connectivity index (χ4n) is 1.96. The lowest BCUT2D eigenvalue weighted by atomic mass is 10.2. The van der Waals surface area contributed by atoms with Crippen LogP contribution in [-0.2, 0) is 16.7 Å². The van der Waals surface area contributed by atoms with Crippen LogP contribution in [0.15, 0.2) is 53.4 Å². The van der Waals surface area contributed by atoms with Gasteiger partial charge in [-0.3, -0.25) is 0 Å². The molecule has 6 heteroatoms. The van der Waals surface area contributed by atoms with Crippen LogP contribution in [0.4, 0.5) is 4.39 Å². The highest BCUT2D eigenvalue weighted by molar-refractivity contribution is 7.87. The van der Waals surface area contributed by atoms with E-state index in [0.29, 0.717) is 6.04 Å². The molecule has 124 valence electrons. The number of rotatable bonds is 7. The van der Waals surface area contributed by atoms with E-state index < -0.39 is 15.9 Å². The Kier molecular flexibility index (Phi) is 5.74. The maximum Gasteiger partial charge on any atom is 0.339 e. The molecule has 4 nitrogen and oxygen atoms in total. The second kappa shape index (κ2) is 7.57. The van der Waals surface area contributed by atoms with Gasteiger partial charge in [-0.15, -0.1) is 0 Å². The first-order valence-corrected chi connectivity index (χ1v) is 8.94. The van der Waals surface area contributed by atoms with Crippen molar-refractivity contribution in [3.05, 3.63) is 59.9 Å². The number of benzene rings is 2. The van der Waals surface area contributed by atoms with Gasteiger partial charge in [-0.2, -0.15) is 8.42 Å². The van der Waals surface area contributed by atoms with Gasteiger partial charge in [0.1, 0.15) is 23.0 Å². The molecular formula is C17H21FNO3S+. The molecule has 0 unspecified atom stereocenters. The summed E-state index contributed by atoms with van der Waals surface area (Å²) in [5, 5.41) is 2.23. The molecule has 0 spiro atoms. The van der Waals surface area contributed by atoms with Gasteiger partial charge in [0, 0.05) is 5.56 Å². The van der Waals surface area contributed by atoms with Crippen molar-refractivity contribution in [2.75, 3.05) is 0 Å². The summed E-state index contributed by atoms with van der Waals surface area (Å²) >= 11 is 0. The molecule has 0 amide bonds. The third kappa shape index (κ3) is 5.04. The Bertz CT molecular complexity index is 727. The van der Waals surface area contributed by atoms with Crippen LogP contribution in [0.3, 0.4) is 0 Å². The maximum absolute atomic E-state index is 12.9. The molecule has 23 heavy (non-hydrogen) atoms. The molecule has 2 rings (SSSR count). The van der Waals surface area contributed by atoms with Crippen LogP contribution in [0.25, 0.3) is 0 Å². The third-order valence-electron chi connectivity index (χ3n) is 3.63. The molecule has 2 N–H and O–H groups in total. The predicted octanol–water partition coefficient (Wildman–Crippen LogP) is 2.46. The molecule has 0 aliphatic heterocycles. The summed E-state index contributed by atoms with van der Waals surface area (Å²) in [6.45, 7) is 5.13. The largest absolute Gasteiger partial charge is 0.379 e. The van der Waals surface area contributed by atoms with Gasteiger partial charge in [0.05, 0.1) is 6.04 Å². The lowest BCUT2D eigenvalue weighted by molar-refractivity contribution is -0.701. The van der Waals surface area contributed by atoms with E-state index in [-0.39, 0.29) is 10.6 Å². The summed E-state index contributed by atoms with van der Waals surface area (Å²) in [4.78, 5) is -0.0759. The van der Waals surface area contributed by atoms with Crippen LogP contribution in [0.1, 0.15) is 25.8 Å². The molecule has 1 atom stereocenters. The summed E-state index contributed by atoms with van der Waals surface area (Å²) in [6.07, 6.45) is 1.09. The smallest absolute Gasteiger partial charge is 0.339 e. The van der Waals surface area contributed by atoms with Crippen LogP contribution < -0.4 is 9.50 Å². The van der Waals surface area contributed by atoms with E-state index in [1.165, 1.54) is 12.1 Å². The summed E-state index contributed by atoms with van der Waals surface area (Å²) in [6, 6.07) is 12.0. The van der Waals surface area contributed by atoms with E-state index in [1.54, 1.807) is 12.1 Å². The van der Waals surface area contributed by atoms with Crippen LogP contribution in [0, 0.1) is 5.82 Å². The lowest BCUT2D eigenvalue weighted by Gasteiger charge is -2.09.